The van der Waals surface area contributed by atoms with Crippen LogP contribution >= 0.6 is 0 Å². The Bertz CT molecular complexity index is 435. The summed E-state index contributed by atoms with van der Waals surface area (Å²) in [5.74, 6) is 2.14. The molecule has 2 rings (SSSR count). The van der Waals surface area contributed by atoms with E-state index in [-0.39, 0.29) is 5.82 Å². The maximum Gasteiger partial charge on any atom is 0.168 e. The Kier molecular flexibility index (Phi) is 5.41. The number of nitrogens with one attached hydrogen (secondary N) is 1. The molecule has 0 amide bonds. The molecule has 1 aliphatic carbocycles. The molecule has 1 aliphatic rings. The molecule has 0 saturated heterocycles. The van der Waals surface area contributed by atoms with Crippen LogP contribution in [0.15, 0.2) is 18.2 Å². The van der Waals surface area contributed by atoms with E-state index in [1.807, 2.05) is 19.2 Å². The Morgan fingerprint density at radius 3 is 2.80 bits per heavy atom. The van der Waals surface area contributed by atoms with Gasteiger partial charge in [0.15, 0.2) is 11.6 Å². The molecule has 1 N–H and O–H groups in total. The van der Waals surface area contributed by atoms with Crippen molar-refractivity contribution in [1.82, 2.24) is 5.32 Å². The molecular weight excluding hydrogens is 253 g/mol. The Balaban J connectivity index is 2.13. The highest BCUT2D eigenvalue weighted by Gasteiger charge is 2.29. The van der Waals surface area contributed by atoms with Crippen molar-refractivity contribution in [1.29, 1.82) is 0 Å². The minimum atomic E-state index is -0.184. The number of halogens is 1. The van der Waals surface area contributed by atoms with E-state index in [0.717, 1.165) is 24.4 Å². The van der Waals surface area contributed by atoms with E-state index in [0.29, 0.717) is 17.6 Å². The molecule has 0 radical (unpaired) electrons. The van der Waals surface area contributed by atoms with Gasteiger partial charge in [0.2, 0.25) is 0 Å². The maximum atomic E-state index is 14.3. The lowest BCUT2D eigenvalue weighted by atomic mass is 9.72. The van der Waals surface area contributed by atoms with Crippen molar-refractivity contribution in [3.8, 4) is 5.75 Å². The highest BCUT2D eigenvalue weighted by molar-refractivity contribution is 5.31. The first-order valence-corrected chi connectivity index (χ1v) is 7.61. The van der Waals surface area contributed by atoms with Gasteiger partial charge in [0.05, 0.1) is 7.11 Å². The van der Waals surface area contributed by atoms with Gasteiger partial charge < -0.3 is 10.1 Å². The topological polar surface area (TPSA) is 21.3 Å². The van der Waals surface area contributed by atoms with Crippen molar-refractivity contribution in [2.24, 2.45) is 17.8 Å². The molecule has 1 aromatic carbocycles. The summed E-state index contributed by atoms with van der Waals surface area (Å²) in [6.45, 7) is 3.34. The second kappa shape index (κ2) is 7.07. The molecule has 0 bridgehead atoms. The molecule has 2 nitrogen and oxygen atoms in total. The van der Waals surface area contributed by atoms with Crippen LogP contribution in [-0.2, 0) is 6.42 Å². The van der Waals surface area contributed by atoms with Gasteiger partial charge in [0.25, 0.3) is 0 Å². The Morgan fingerprint density at radius 1 is 1.30 bits per heavy atom. The van der Waals surface area contributed by atoms with Crippen LogP contribution in [0.5, 0.6) is 5.75 Å². The largest absolute Gasteiger partial charge is 0.494 e. The second-order valence-electron chi connectivity index (χ2n) is 6.13. The molecule has 0 spiro atoms. The van der Waals surface area contributed by atoms with Gasteiger partial charge in [0.1, 0.15) is 0 Å². The van der Waals surface area contributed by atoms with E-state index in [4.69, 9.17) is 4.74 Å². The van der Waals surface area contributed by atoms with E-state index in [9.17, 15) is 4.39 Å². The molecule has 1 saturated carbocycles. The summed E-state index contributed by atoms with van der Waals surface area (Å²) in [5.41, 5.74) is 0.796. The number of hydrogen-bond donors (Lipinski definition) is 1. The summed E-state index contributed by atoms with van der Waals surface area (Å²) in [7, 11) is 3.52. The zero-order chi connectivity index (χ0) is 14.5. The third-order valence-electron chi connectivity index (χ3n) is 4.61. The van der Waals surface area contributed by atoms with Gasteiger partial charge in [-0.15, -0.1) is 0 Å². The van der Waals surface area contributed by atoms with E-state index in [1.165, 1.54) is 26.4 Å². The molecule has 3 atom stereocenters. The highest BCUT2D eigenvalue weighted by atomic mass is 19.1. The molecule has 0 aliphatic heterocycles. The van der Waals surface area contributed by atoms with Crippen LogP contribution < -0.4 is 10.1 Å². The van der Waals surface area contributed by atoms with Crippen molar-refractivity contribution in [2.75, 3.05) is 20.7 Å². The van der Waals surface area contributed by atoms with Gasteiger partial charge in [-0.3, -0.25) is 0 Å². The molecule has 0 aromatic heterocycles. The first kappa shape index (κ1) is 15.3. The second-order valence-corrected chi connectivity index (χ2v) is 6.13. The molecule has 1 aromatic rings. The third-order valence-corrected chi connectivity index (χ3v) is 4.61. The van der Waals surface area contributed by atoms with Gasteiger partial charge in [0, 0.05) is 0 Å². The Hall–Kier alpha value is -1.09. The predicted octanol–water partition coefficient (Wildman–Crippen LogP) is 3.65. The summed E-state index contributed by atoms with van der Waals surface area (Å²) < 4.78 is 19.4. The Labute approximate surface area is 121 Å². The van der Waals surface area contributed by atoms with Crippen LogP contribution in [0, 0.1) is 23.6 Å². The van der Waals surface area contributed by atoms with Crippen molar-refractivity contribution < 1.29 is 9.13 Å². The van der Waals surface area contributed by atoms with Crippen molar-refractivity contribution in [2.45, 2.75) is 32.6 Å². The van der Waals surface area contributed by atoms with E-state index in [2.05, 4.69) is 12.2 Å². The zero-order valence-electron chi connectivity index (χ0n) is 12.8. The van der Waals surface area contributed by atoms with Crippen LogP contribution in [0.3, 0.4) is 0 Å². The van der Waals surface area contributed by atoms with Gasteiger partial charge in [-0.25, -0.2) is 4.39 Å². The zero-order valence-corrected chi connectivity index (χ0v) is 12.8. The number of rotatable bonds is 5. The molecule has 3 unspecified atom stereocenters. The predicted molar refractivity (Wildman–Crippen MR) is 80.6 cm³/mol. The molecule has 112 valence electrons. The van der Waals surface area contributed by atoms with Crippen LogP contribution in [0.4, 0.5) is 4.39 Å². The molecule has 1 fully saturated rings. The number of hydrogen-bond acceptors (Lipinski definition) is 2. The summed E-state index contributed by atoms with van der Waals surface area (Å²) in [4.78, 5) is 0. The van der Waals surface area contributed by atoms with E-state index in [1.54, 1.807) is 6.07 Å². The molecule has 0 heterocycles. The highest BCUT2D eigenvalue weighted by Crippen LogP contribution is 2.36. The van der Waals surface area contributed by atoms with Crippen molar-refractivity contribution in [3.63, 3.8) is 0 Å². The molecular formula is C17H26FNO. The SMILES string of the molecule is CNCC1CCC(C)CC1Cc1cccc(OC)c1F. The molecule has 20 heavy (non-hydrogen) atoms. The van der Waals surface area contributed by atoms with Crippen molar-refractivity contribution >= 4 is 0 Å². The lowest BCUT2D eigenvalue weighted by molar-refractivity contribution is 0.185. The summed E-state index contributed by atoms with van der Waals surface area (Å²) in [6, 6.07) is 5.47. The van der Waals surface area contributed by atoms with Crippen LogP contribution in [-0.4, -0.2) is 20.7 Å². The molecule has 3 heteroatoms. The van der Waals surface area contributed by atoms with Gasteiger partial charge in [-0.2, -0.15) is 0 Å². The summed E-state index contributed by atoms with van der Waals surface area (Å²) in [6.07, 6.45) is 4.56. The van der Waals surface area contributed by atoms with Gasteiger partial charge in [-0.05, 0) is 62.2 Å². The minimum absolute atomic E-state index is 0.184. The standard InChI is InChI=1S/C17H26FNO/c1-12-7-8-14(11-19-2)15(9-12)10-13-5-4-6-16(20-3)17(13)18/h4-6,12,14-15,19H,7-11H2,1-3H3. The average Bonchev–Trinajstić information content (AvgIpc) is 2.44. The minimum Gasteiger partial charge on any atom is -0.494 e. The lowest BCUT2D eigenvalue weighted by Crippen LogP contribution is -2.32. The van der Waals surface area contributed by atoms with Crippen LogP contribution in [0.25, 0.3) is 0 Å². The average molecular weight is 279 g/mol. The summed E-state index contributed by atoms with van der Waals surface area (Å²) >= 11 is 0. The quantitative estimate of drug-likeness (QED) is 0.888. The van der Waals surface area contributed by atoms with Crippen molar-refractivity contribution in [3.05, 3.63) is 29.6 Å². The Morgan fingerprint density at radius 2 is 2.10 bits per heavy atom. The van der Waals surface area contributed by atoms with Gasteiger partial charge >= 0.3 is 0 Å². The fourth-order valence-corrected chi connectivity index (χ4v) is 3.50. The fourth-order valence-electron chi connectivity index (χ4n) is 3.50. The third kappa shape index (κ3) is 3.51. The lowest BCUT2D eigenvalue weighted by Gasteiger charge is -2.35. The number of benzene rings is 1. The number of methoxy groups -OCH3 is 1. The smallest absolute Gasteiger partial charge is 0.168 e. The fraction of sp³-hybridized carbons (Fsp3) is 0.647. The maximum absolute atomic E-state index is 14.3. The van der Waals surface area contributed by atoms with Gasteiger partial charge in [-0.1, -0.05) is 25.5 Å². The number of ether oxygens (including phenoxy) is 1. The summed E-state index contributed by atoms with van der Waals surface area (Å²) in [5, 5.41) is 3.29. The normalized spacial score (nSPS) is 26.5. The first-order chi connectivity index (χ1) is 9.65. The van der Waals surface area contributed by atoms with Crippen LogP contribution in [0.2, 0.25) is 0 Å². The van der Waals surface area contributed by atoms with Crippen LogP contribution in [0.1, 0.15) is 31.7 Å². The first-order valence-electron chi connectivity index (χ1n) is 7.61. The van der Waals surface area contributed by atoms with E-state index >= 15 is 0 Å². The monoisotopic (exact) mass is 279 g/mol. The van der Waals surface area contributed by atoms with E-state index < -0.39 is 0 Å².